The molecule has 0 saturated carbocycles. The maximum atomic E-state index is 13.2. The lowest BCUT2D eigenvalue weighted by Gasteiger charge is -2.38. The number of benzene rings is 1. The van der Waals surface area contributed by atoms with Crippen LogP contribution in [0.2, 0.25) is 0 Å². The van der Waals surface area contributed by atoms with Gasteiger partial charge in [-0.3, -0.25) is 9.89 Å². The SMILES string of the molecule is CN=C(NCC(c1ccc(C)o1)N1CCOCC1)N1CCN(c2ccc(F)cc2)CC1. The van der Waals surface area contributed by atoms with Gasteiger partial charge in [-0.1, -0.05) is 0 Å². The van der Waals surface area contributed by atoms with E-state index in [0.29, 0.717) is 0 Å². The maximum Gasteiger partial charge on any atom is 0.193 e. The van der Waals surface area contributed by atoms with Crippen molar-refractivity contribution in [2.24, 2.45) is 4.99 Å². The van der Waals surface area contributed by atoms with Crippen LogP contribution in [0.1, 0.15) is 17.6 Å². The molecule has 0 amide bonds. The first-order valence-electron chi connectivity index (χ1n) is 11.0. The minimum Gasteiger partial charge on any atom is -0.465 e. The predicted octanol–water partition coefficient (Wildman–Crippen LogP) is 2.50. The summed E-state index contributed by atoms with van der Waals surface area (Å²) in [6.07, 6.45) is 0. The van der Waals surface area contributed by atoms with Crippen molar-refractivity contribution in [2.75, 3.05) is 71.0 Å². The summed E-state index contributed by atoms with van der Waals surface area (Å²) in [4.78, 5) is 11.5. The fourth-order valence-electron chi connectivity index (χ4n) is 4.28. The van der Waals surface area contributed by atoms with E-state index in [0.717, 1.165) is 82.2 Å². The van der Waals surface area contributed by atoms with Crippen LogP contribution in [0.4, 0.5) is 10.1 Å². The number of piperazine rings is 1. The molecule has 4 rings (SSSR count). The van der Waals surface area contributed by atoms with Crippen molar-refractivity contribution in [1.82, 2.24) is 15.1 Å². The van der Waals surface area contributed by atoms with Crippen molar-refractivity contribution in [3.63, 3.8) is 0 Å². The molecule has 168 valence electrons. The summed E-state index contributed by atoms with van der Waals surface area (Å²) in [5, 5.41) is 3.57. The van der Waals surface area contributed by atoms with Gasteiger partial charge in [-0.2, -0.15) is 0 Å². The minimum absolute atomic E-state index is 0.134. The second kappa shape index (κ2) is 10.2. The quantitative estimate of drug-likeness (QED) is 0.582. The summed E-state index contributed by atoms with van der Waals surface area (Å²) in [7, 11) is 1.83. The van der Waals surface area contributed by atoms with Crippen LogP contribution in [-0.2, 0) is 4.74 Å². The molecule has 2 saturated heterocycles. The molecule has 1 N–H and O–H groups in total. The van der Waals surface area contributed by atoms with Crippen molar-refractivity contribution >= 4 is 11.6 Å². The summed E-state index contributed by atoms with van der Waals surface area (Å²) in [6.45, 7) is 9.44. The van der Waals surface area contributed by atoms with Gasteiger partial charge in [0, 0.05) is 58.5 Å². The Hall–Kier alpha value is -2.58. The molecule has 1 atom stereocenters. The van der Waals surface area contributed by atoms with Gasteiger partial charge in [-0.15, -0.1) is 0 Å². The van der Waals surface area contributed by atoms with Crippen LogP contribution in [0, 0.1) is 12.7 Å². The molecule has 2 aromatic rings. The highest BCUT2D eigenvalue weighted by Crippen LogP contribution is 2.23. The highest BCUT2D eigenvalue weighted by molar-refractivity contribution is 5.80. The van der Waals surface area contributed by atoms with Gasteiger partial charge < -0.3 is 24.3 Å². The fourth-order valence-corrected chi connectivity index (χ4v) is 4.28. The van der Waals surface area contributed by atoms with Crippen LogP contribution in [-0.4, -0.2) is 81.8 Å². The second-order valence-electron chi connectivity index (χ2n) is 7.99. The van der Waals surface area contributed by atoms with E-state index in [-0.39, 0.29) is 11.9 Å². The molecule has 1 unspecified atom stereocenters. The van der Waals surface area contributed by atoms with Crippen LogP contribution >= 0.6 is 0 Å². The lowest BCUT2D eigenvalue weighted by Crippen LogP contribution is -2.54. The molecule has 2 aliphatic rings. The van der Waals surface area contributed by atoms with E-state index >= 15 is 0 Å². The van der Waals surface area contributed by atoms with Gasteiger partial charge in [0.1, 0.15) is 17.3 Å². The number of hydrogen-bond donors (Lipinski definition) is 1. The maximum absolute atomic E-state index is 13.2. The molecular formula is C23H32FN5O2. The van der Waals surface area contributed by atoms with Crippen LogP contribution in [0.5, 0.6) is 0 Å². The Morgan fingerprint density at radius 3 is 2.35 bits per heavy atom. The van der Waals surface area contributed by atoms with Crippen molar-refractivity contribution < 1.29 is 13.5 Å². The Balaban J connectivity index is 1.36. The first-order valence-corrected chi connectivity index (χ1v) is 11.0. The third kappa shape index (κ3) is 5.37. The van der Waals surface area contributed by atoms with E-state index < -0.39 is 0 Å². The van der Waals surface area contributed by atoms with E-state index in [9.17, 15) is 4.39 Å². The first kappa shape index (κ1) is 21.6. The zero-order chi connectivity index (χ0) is 21.6. The average Bonchev–Trinajstić information content (AvgIpc) is 3.24. The van der Waals surface area contributed by atoms with Crippen LogP contribution in [0.15, 0.2) is 45.8 Å². The highest BCUT2D eigenvalue weighted by atomic mass is 19.1. The number of morpholine rings is 1. The van der Waals surface area contributed by atoms with Gasteiger partial charge in [0.15, 0.2) is 5.96 Å². The molecule has 0 bridgehead atoms. The smallest absolute Gasteiger partial charge is 0.193 e. The lowest BCUT2D eigenvalue weighted by atomic mass is 10.1. The number of nitrogens with one attached hydrogen (secondary N) is 1. The number of furan rings is 1. The minimum atomic E-state index is -0.200. The number of rotatable bonds is 5. The Labute approximate surface area is 183 Å². The number of anilines is 1. The molecule has 0 aliphatic carbocycles. The molecule has 3 heterocycles. The molecule has 0 spiro atoms. The molecule has 8 heteroatoms. The van der Waals surface area contributed by atoms with Crippen molar-refractivity contribution in [2.45, 2.75) is 13.0 Å². The number of hydrogen-bond acceptors (Lipinski definition) is 5. The van der Waals surface area contributed by atoms with Crippen LogP contribution in [0.3, 0.4) is 0 Å². The van der Waals surface area contributed by atoms with E-state index in [1.54, 1.807) is 0 Å². The van der Waals surface area contributed by atoms with E-state index in [2.05, 4.69) is 31.1 Å². The molecule has 7 nitrogen and oxygen atoms in total. The summed E-state index contributed by atoms with van der Waals surface area (Å²) in [5.41, 5.74) is 1.06. The third-order valence-electron chi connectivity index (χ3n) is 6.01. The standard InChI is InChI=1S/C23H32FN5O2/c1-18-3-8-22(31-18)21(28-13-15-30-16-14-28)17-26-23(25-2)29-11-9-27(10-12-29)20-6-4-19(24)5-7-20/h3-8,21H,9-17H2,1-2H3,(H,25,26). The number of guanidine groups is 1. The summed E-state index contributed by atoms with van der Waals surface area (Å²) in [5.74, 6) is 2.60. The summed E-state index contributed by atoms with van der Waals surface area (Å²) >= 11 is 0. The van der Waals surface area contributed by atoms with Crippen molar-refractivity contribution in [3.8, 4) is 0 Å². The Bertz CT molecular complexity index is 855. The van der Waals surface area contributed by atoms with Gasteiger partial charge in [-0.05, 0) is 43.3 Å². The number of ether oxygens (including phenoxy) is 1. The summed E-state index contributed by atoms with van der Waals surface area (Å²) < 4.78 is 24.7. The molecule has 2 aliphatic heterocycles. The van der Waals surface area contributed by atoms with Crippen molar-refractivity contribution in [1.29, 1.82) is 0 Å². The number of halogens is 1. The first-order chi connectivity index (χ1) is 15.1. The van der Waals surface area contributed by atoms with E-state index in [4.69, 9.17) is 9.15 Å². The van der Waals surface area contributed by atoms with E-state index in [1.165, 1.54) is 12.1 Å². The number of aryl methyl sites for hydroxylation is 1. The Morgan fingerprint density at radius 2 is 1.74 bits per heavy atom. The van der Waals surface area contributed by atoms with Crippen molar-refractivity contribution in [3.05, 3.63) is 53.7 Å². The number of nitrogens with zero attached hydrogens (tertiary/aromatic N) is 4. The topological polar surface area (TPSA) is 56.5 Å². The van der Waals surface area contributed by atoms with Crippen LogP contribution < -0.4 is 10.2 Å². The highest BCUT2D eigenvalue weighted by Gasteiger charge is 2.27. The molecule has 31 heavy (non-hydrogen) atoms. The van der Waals surface area contributed by atoms with Gasteiger partial charge in [0.05, 0.1) is 19.3 Å². The zero-order valence-corrected chi connectivity index (χ0v) is 18.4. The third-order valence-corrected chi connectivity index (χ3v) is 6.01. The van der Waals surface area contributed by atoms with Gasteiger partial charge in [0.25, 0.3) is 0 Å². The average molecular weight is 430 g/mol. The lowest BCUT2D eigenvalue weighted by molar-refractivity contribution is 0.0123. The van der Waals surface area contributed by atoms with Gasteiger partial charge in [-0.25, -0.2) is 4.39 Å². The predicted molar refractivity (Wildman–Crippen MR) is 120 cm³/mol. The molecular weight excluding hydrogens is 397 g/mol. The van der Waals surface area contributed by atoms with Crippen LogP contribution in [0.25, 0.3) is 0 Å². The molecule has 0 radical (unpaired) electrons. The molecule has 1 aromatic heterocycles. The molecule has 1 aromatic carbocycles. The van der Waals surface area contributed by atoms with Gasteiger partial charge >= 0.3 is 0 Å². The fraction of sp³-hybridized carbons (Fsp3) is 0.522. The normalized spacial score (nSPS) is 19.5. The monoisotopic (exact) mass is 429 g/mol. The number of aliphatic imine (C=N–C) groups is 1. The largest absolute Gasteiger partial charge is 0.465 e. The Morgan fingerprint density at radius 1 is 1.03 bits per heavy atom. The molecule has 2 fully saturated rings. The zero-order valence-electron chi connectivity index (χ0n) is 18.4. The second-order valence-corrected chi connectivity index (χ2v) is 7.99. The van der Waals surface area contributed by atoms with Gasteiger partial charge in [0.2, 0.25) is 0 Å². The summed E-state index contributed by atoms with van der Waals surface area (Å²) in [6, 6.07) is 10.9. The Kier molecular flexibility index (Phi) is 7.09. The van der Waals surface area contributed by atoms with E-state index in [1.807, 2.05) is 32.2 Å².